The summed E-state index contributed by atoms with van der Waals surface area (Å²) in [6.07, 6.45) is -5.73. The number of esters is 1. The van der Waals surface area contributed by atoms with Crippen molar-refractivity contribution in [2.45, 2.75) is 26.1 Å². The van der Waals surface area contributed by atoms with Crippen molar-refractivity contribution in [3.05, 3.63) is 106 Å². The molecule has 0 amide bonds. The Morgan fingerprint density at radius 2 is 1.20 bits per heavy atom. The quantitative estimate of drug-likeness (QED) is 0.375. The van der Waals surface area contributed by atoms with E-state index in [-0.39, 0.29) is 5.56 Å². The van der Waals surface area contributed by atoms with E-state index >= 15 is 0 Å². The van der Waals surface area contributed by atoms with Crippen LogP contribution in [0.1, 0.15) is 49.1 Å². The highest BCUT2D eigenvalue weighted by Crippen LogP contribution is 2.30. The average Bonchev–Trinajstić information content (AvgIpc) is 2.72. The summed E-state index contributed by atoms with van der Waals surface area (Å²) < 4.78 is 43.7. The summed E-state index contributed by atoms with van der Waals surface area (Å²) in [5, 5.41) is 0. The molecule has 0 fully saturated rings. The van der Waals surface area contributed by atoms with Crippen molar-refractivity contribution in [2.24, 2.45) is 0 Å². The van der Waals surface area contributed by atoms with Gasteiger partial charge in [-0.1, -0.05) is 59.7 Å². The Balaban J connectivity index is 1.90. The highest BCUT2D eigenvalue weighted by Gasteiger charge is 2.31. The minimum absolute atomic E-state index is 0.0724. The summed E-state index contributed by atoms with van der Waals surface area (Å²) in [5.74, 6) is -1.30. The molecule has 3 aromatic carbocycles. The van der Waals surface area contributed by atoms with E-state index < -0.39 is 29.6 Å². The Bertz CT molecular complexity index is 1040. The molecule has 3 aromatic rings. The fourth-order valence-corrected chi connectivity index (χ4v) is 2.85. The largest absolute Gasteiger partial charge is 0.445 e. The lowest BCUT2D eigenvalue weighted by atomic mass is 9.98. The first-order chi connectivity index (χ1) is 14.1. The molecule has 0 N–H and O–H groups in total. The highest BCUT2D eigenvalue weighted by atomic mass is 19.4. The summed E-state index contributed by atoms with van der Waals surface area (Å²) in [6, 6.07) is 17.5. The van der Waals surface area contributed by atoms with Crippen molar-refractivity contribution >= 4 is 11.8 Å². The third kappa shape index (κ3) is 4.95. The Kier molecular flexibility index (Phi) is 6.06. The van der Waals surface area contributed by atoms with Crippen molar-refractivity contribution in [1.82, 2.24) is 0 Å². The van der Waals surface area contributed by atoms with Gasteiger partial charge >= 0.3 is 12.1 Å². The van der Waals surface area contributed by atoms with Crippen LogP contribution in [0.5, 0.6) is 0 Å². The summed E-state index contributed by atoms with van der Waals surface area (Å²) in [6.45, 7) is 3.77. The minimum atomic E-state index is -4.51. The van der Waals surface area contributed by atoms with Crippen LogP contribution in [0.4, 0.5) is 13.2 Å². The molecule has 0 aromatic heterocycles. The fraction of sp³-hybridized carbons (Fsp3) is 0.167. The lowest BCUT2D eigenvalue weighted by Crippen LogP contribution is -2.20. The van der Waals surface area contributed by atoms with Crippen LogP contribution in [-0.2, 0) is 10.9 Å². The highest BCUT2D eigenvalue weighted by molar-refractivity contribution is 6.02. The van der Waals surface area contributed by atoms with Gasteiger partial charge in [0.15, 0.2) is 6.10 Å². The van der Waals surface area contributed by atoms with E-state index in [9.17, 15) is 22.8 Å². The summed E-state index contributed by atoms with van der Waals surface area (Å²) in [5.41, 5.74) is 1.84. The van der Waals surface area contributed by atoms with Crippen LogP contribution in [0.2, 0.25) is 0 Å². The predicted octanol–water partition coefficient (Wildman–Crippen LogP) is 6.10. The Hall–Kier alpha value is -3.41. The van der Waals surface area contributed by atoms with Gasteiger partial charge in [0.1, 0.15) is 0 Å². The number of aryl methyl sites for hydroxylation is 2. The molecular formula is C24H19F3O3. The minimum Gasteiger partial charge on any atom is -0.445 e. The van der Waals surface area contributed by atoms with Gasteiger partial charge in [0, 0.05) is 11.1 Å². The second kappa shape index (κ2) is 8.53. The van der Waals surface area contributed by atoms with Crippen molar-refractivity contribution in [3.63, 3.8) is 0 Å². The normalized spacial score (nSPS) is 12.3. The van der Waals surface area contributed by atoms with E-state index in [1.54, 1.807) is 48.5 Å². The molecule has 0 aliphatic rings. The molecule has 0 saturated heterocycles. The molecule has 30 heavy (non-hydrogen) atoms. The molecule has 154 valence electrons. The number of hydrogen-bond acceptors (Lipinski definition) is 3. The Morgan fingerprint density at radius 3 is 1.70 bits per heavy atom. The molecule has 0 unspecified atom stereocenters. The molecular weight excluding hydrogens is 393 g/mol. The van der Waals surface area contributed by atoms with Crippen LogP contribution in [0.15, 0.2) is 72.8 Å². The fourth-order valence-electron chi connectivity index (χ4n) is 2.85. The van der Waals surface area contributed by atoms with Crippen LogP contribution >= 0.6 is 0 Å². The molecule has 0 aliphatic carbocycles. The number of rotatable bonds is 5. The van der Waals surface area contributed by atoms with Gasteiger partial charge in [0.05, 0.1) is 11.1 Å². The maximum Gasteiger partial charge on any atom is 0.416 e. The van der Waals surface area contributed by atoms with Crippen LogP contribution in [0.3, 0.4) is 0 Å². The molecule has 0 bridgehead atoms. The zero-order chi connectivity index (χ0) is 21.9. The lowest BCUT2D eigenvalue weighted by molar-refractivity contribution is -0.137. The van der Waals surface area contributed by atoms with E-state index in [2.05, 4.69) is 0 Å². The SMILES string of the molecule is Cc1ccc(C(=O)[C@@H](OC(=O)c2ccc(C(F)(F)F)cc2)c2ccc(C)cc2)cc1. The van der Waals surface area contributed by atoms with Gasteiger partial charge in [0.25, 0.3) is 0 Å². The summed E-state index contributed by atoms with van der Waals surface area (Å²) in [4.78, 5) is 25.7. The van der Waals surface area contributed by atoms with E-state index in [0.29, 0.717) is 11.1 Å². The molecule has 0 heterocycles. The average molecular weight is 412 g/mol. The number of benzene rings is 3. The van der Waals surface area contributed by atoms with Crippen LogP contribution < -0.4 is 0 Å². The molecule has 3 nitrogen and oxygen atoms in total. The Morgan fingerprint density at radius 1 is 0.733 bits per heavy atom. The lowest BCUT2D eigenvalue weighted by Gasteiger charge is -2.18. The maximum absolute atomic E-state index is 13.1. The van der Waals surface area contributed by atoms with E-state index in [1.165, 1.54) is 0 Å². The number of alkyl halides is 3. The monoisotopic (exact) mass is 412 g/mol. The number of ketones is 1. The van der Waals surface area contributed by atoms with Gasteiger partial charge < -0.3 is 4.74 Å². The number of ether oxygens (including phenoxy) is 1. The topological polar surface area (TPSA) is 43.4 Å². The zero-order valence-corrected chi connectivity index (χ0v) is 16.4. The van der Waals surface area contributed by atoms with Crippen LogP contribution in [-0.4, -0.2) is 11.8 Å². The van der Waals surface area contributed by atoms with Crippen molar-refractivity contribution < 1.29 is 27.5 Å². The molecule has 6 heteroatoms. The van der Waals surface area contributed by atoms with Gasteiger partial charge in [0.2, 0.25) is 5.78 Å². The first kappa shape index (κ1) is 21.3. The van der Waals surface area contributed by atoms with Crippen molar-refractivity contribution in [2.75, 3.05) is 0 Å². The first-order valence-electron chi connectivity index (χ1n) is 9.21. The van der Waals surface area contributed by atoms with E-state index in [4.69, 9.17) is 4.74 Å². The van der Waals surface area contributed by atoms with Gasteiger partial charge in [-0.15, -0.1) is 0 Å². The van der Waals surface area contributed by atoms with Crippen LogP contribution in [0, 0.1) is 13.8 Å². The second-order valence-electron chi connectivity index (χ2n) is 7.00. The molecule has 0 radical (unpaired) electrons. The number of carbonyl (C=O) groups excluding carboxylic acids is 2. The van der Waals surface area contributed by atoms with Gasteiger partial charge in [-0.25, -0.2) is 4.79 Å². The van der Waals surface area contributed by atoms with Gasteiger partial charge in [-0.2, -0.15) is 13.2 Å². The zero-order valence-electron chi connectivity index (χ0n) is 16.4. The van der Waals surface area contributed by atoms with E-state index in [0.717, 1.165) is 35.4 Å². The number of hydrogen-bond donors (Lipinski definition) is 0. The Labute approximate surface area is 172 Å². The summed E-state index contributed by atoms with van der Waals surface area (Å²) >= 11 is 0. The maximum atomic E-state index is 13.1. The van der Waals surface area contributed by atoms with Crippen molar-refractivity contribution in [3.8, 4) is 0 Å². The van der Waals surface area contributed by atoms with E-state index in [1.807, 2.05) is 13.8 Å². The molecule has 3 rings (SSSR count). The summed E-state index contributed by atoms with van der Waals surface area (Å²) in [7, 11) is 0. The molecule has 1 atom stereocenters. The third-order valence-corrected chi connectivity index (χ3v) is 4.63. The molecule has 0 spiro atoms. The number of Topliss-reactive ketones (excluding diaryl/α,β-unsaturated/α-hetero) is 1. The second-order valence-corrected chi connectivity index (χ2v) is 7.00. The smallest absolute Gasteiger partial charge is 0.416 e. The molecule has 0 saturated carbocycles. The first-order valence-corrected chi connectivity index (χ1v) is 9.21. The number of halogens is 3. The predicted molar refractivity (Wildman–Crippen MR) is 106 cm³/mol. The standard InChI is InChI=1S/C24H19F3O3/c1-15-3-7-17(8-4-15)21(28)22(18-9-5-16(2)6-10-18)30-23(29)19-11-13-20(14-12-19)24(25,26)27/h3-14,22H,1-2H3/t22-/m0/s1. The van der Waals surface area contributed by atoms with Gasteiger partial charge in [-0.05, 0) is 38.1 Å². The number of carbonyl (C=O) groups is 2. The van der Waals surface area contributed by atoms with Crippen molar-refractivity contribution in [1.29, 1.82) is 0 Å². The molecule has 0 aliphatic heterocycles. The van der Waals surface area contributed by atoms with Crippen LogP contribution in [0.25, 0.3) is 0 Å². The third-order valence-electron chi connectivity index (χ3n) is 4.63. The van der Waals surface area contributed by atoms with Gasteiger partial charge in [-0.3, -0.25) is 4.79 Å².